The number of nitro benzene ring substituents is 2. The zero-order valence-corrected chi connectivity index (χ0v) is 18.7. The summed E-state index contributed by atoms with van der Waals surface area (Å²) < 4.78 is 17.0. The van der Waals surface area contributed by atoms with Crippen LogP contribution in [-0.2, 0) is 0 Å². The molecular weight excluding hydrogens is 480 g/mol. The van der Waals surface area contributed by atoms with Gasteiger partial charge < -0.3 is 14.2 Å². The van der Waals surface area contributed by atoms with Crippen LogP contribution in [-0.4, -0.2) is 9.85 Å². The molecule has 0 fully saturated rings. The van der Waals surface area contributed by atoms with Crippen molar-refractivity contribution in [3.05, 3.63) is 116 Å². The molecule has 11 nitrogen and oxygen atoms in total. The maximum atomic E-state index is 11.3. The largest absolute Gasteiger partial charge is 0.457 e. The second-order valence-electron chi connectivity index (χ2n) is 7.35. The Morgan fingerprint density at radius 1 is 0.541 bits per heavy atom. The van der Waals surface area contributed by atoms with Gasteiger partial charge in [0.25, 0.3) is 0 Å². The van der Waals surface area contributed by atoms with E-state index in [1.54, 1.807) is 48.5 Å². The van der Waals surface area contributed by atoms with E-state index < -0.39 is 9.85 Å². The molecule has 4 aromatic carbocycles. The van der Waals surface area contributed by atoms with Crippen molar-refractivity contribution in [2.75, 3.05) is 0 Å². The Kier molecular flexibility index (Phi) is 6.90. The molecule has 4 aromatic rings. The molecule has 0 aliphatic heterocycles. The highest BCUT2D eigenvalue weighted by Crippen LogP contribution is 2.35. The SMILES string of the molecule is N#Cc1ccc(Oc2ccc(Oc3ccc(Oc4ccc(C#N)cc4[N+](=O)[O-])cc3)cc2)c([N+](=O)[O-])c1. The lowest BCUT2D eigenvalue weighted by molar-refractivity contribution is -0.385. The van der Waals surface area contributed by atoms with Gasteiger partial charge in [-0.05, 0) is 72.8 Å². The highest BCUT2D eigenvalue weighted by molar-refractivity contribution is 5.54. The summed E-state index contributed by atoms with van der Waals surface area (Å²) in [5.41, 5.74) is -0.357. The van der Waals surface area contributed by atoms with Crippen LogP contribution in [0.2, 0.25) is 0 Å². The summed E-state index contributed by atoms with van der Waals surface area (Å²) in [6.07, 6.45) is 0. The Balaban J connectivity index is 1.43. The summed E-state index contributed by atoms with van der Waals surface area (Å²) in [5.74, 6) is 1.56. The molecule has 0 saturated carbocycles. The van der Waals surface area contributed by atoms with Crippen LogP contribution in [0, 0.1) is 42.9 Å². The average Bonchev–Trinajstić information content (AvgIpc) is 2.91. The van der Waals surface area contributed by atoms with Crippen LogP contribution in [0.5, 0.6) is 34.5 Å². The van der Waals surface area contributed by atoms with E-state index >= 15 is 0 Å². The van der Waals surface area contributed by atoms with Gasteiger partial charge in [-0.1, -0.05) is 0 Å². The van der Waals surface area contributed by atoms with Gasteiger partial charge in [0.2, 0.25) is 11.5 Å². The maximum Gasteiger partial charge on any atom is 0.312 e. The molecule has 0 radical (unpaired) electrons. The molecule has 0 saturated heterocycles. The molecule has 0 N–H and O–H groups in total. The Labute approximate surface area is 209 Å². The van der Waals surface area contributed by atoms with Crippen molar-refractivity contribution >= 4 is 11.4 Å². The van der Waals surface area contributed by atoms with Crippen LogP contribution >= 0.6 is 0 Å². The quantitative estimate of drug-likeness (QED) is 0.193. The van der Waals surface area contributed by atoms with Gasteiger partial charge >= 0.3 is 11.4 Å². The fraction of sp³-hybridized carbons (Fsp3) is 0. The topological polar surface area (TPSA) is 162 Å². The van der Waals surface area contributed by atoms with Crippen molar-refractivity contribution in [1.29, 1.82) is 10.5 Å². The fourth-order valence-corrected chi connectivity index (χ4v) is 3.17. The first kappa shape index (κ1) is 24.2. The monoisotopic (exact) mass is 494 g/mol. The Bertz CT molecular complexity index is 1450. The Hall–Kier alpha value is -5.94. The predicted octanol–water partition coefficient (Wildman–Crippen LogP) is 6.62. The standard InChI is InChI=1S/C26H14N4O7/c27-15-17-1-11-25(23(13-17)29(31)32)36-21-7-3-19(4-8-21)35-20-5-9-22(10-6-20)37-26-12-2-18(16-28)14-24(26)30(33)34/h1-14H. The third-order valence-electron chi connectivity index (χ3n) is 4.91. The minimum absolute atomic E-state index is 0.00393. The molecule has 0 spiro atoms. The van der Waals surface area contributed by atoms with Crippen LogP contribution in [0.1, 0.15) is 11.1 Å². The first-order valence-electron chi connectivity index (χ1n) is 10.5. The maximum absolute atomic E-state index is 11.3. The number of rotatable bonds is 8. The summed E-state index contributed by atoms with van der Waals surface area (Å²) in [6.45, 7) is 0. The van der Waals surface area contributed by atoms with E-state index in [4.69, 9.17) is 24.7 Å². The Morgan fingerprint density at radius 3 is 1.16 bits per heavy atom. The van der Waals surface area contributed by atoms with E-state index in [-0.39, 0.29) is 34.0 Å². The highest BCUT2D eigenvalue weighted by atomic mass is 16.6. The zero-order valence-electron chi connectivity index (χ0n) is 18.7. The number of hydrogen-bond acceptors (Lipinski definition) is 9. The molecule has 0 amide bonds. The van der Waals surface area contributed by atoms with Crippen LogP contribution < -0.4 is 14.2 Å². The number of ether oxygens (including phenoxy) is 3. The van der Waals surface area contributed by atoms with Crippen LogP contribution in [0.15, 0.2) is 84.9 Å². The normalized spacial score (nSPS) is 10.0. The fourth-order valence-electron chi connectivity index (χ4n) is 3.17. The van der Waals surface area contributed by atoms with Gasteiger partial charge in [-0.3, -0.25) is 20.2 Å². The highest BCUT2D eigenvalue weighted by Gasteiger charge is 2.18. The van der Waals surface area contributed by atoms with E-state index in [9.17, 15) is 20.2 Å². The molecular formula is C26H14N4O7. The smallest absolute Gasteiger partial charge is 0.312 e. The van der Waals surface area contributed by atoms with Crippen molar-refractivity contribution in [2.24, 2.45) is 0 Å². The molecule has 0 atom stereocenters. The first-order valence-corrected chi connectivity index (χ1v) is 10.5. The third-order valence-corrected chi connectivity index (χ3v) is 4.91. The van der Waals surface area contributed by atoms with Gasteiger partial charge in [0.05, 0.1) is 33.1 Å². The van der Waals surface area contributed by atoms with Gasteiger partial charge in [-0.15, -0.1) is 0 Å². The van der Waals surface area contributed by atoms with Crippen LogP contribution in [0.25, 0.3) is 0 Å². The van der Waals surface area contributed by atoms with Gasteiger partial charge in [-0.2, -0.15) is 10.5 Å². The average molecular weight is 494 g/mol. The summed E-state index contributed by atoms with van der Waals surface area (Å²) in [6, 6.07) is 24.2. The van der Waals surface area contributed by atoms with Crippen molar-refractivity contribution in [2.45, 2.75) is 0 Å². The molecule has 0 aliphatic rings. The second kappa shape index (κ2) is 10.5. The number of nitrogens with zero attached hydrogens (tertiary/aromatic N) is 4. The van der Waals surface area contributed by atoms with E-state index in [1.165, 1.54) is 24.3 Å². The molecule has 0 aromatic heterocycles. The minimum atomic E-state index is -0.624. The molecule has 0 bridgehead atoms. The van der Waals surface area contributed by atoms with Crippen LogP contribution in [0.3, 0.4) is 0 Å². The van der Waals surface area contributed by atoms with E-state index in [1.807, 2.05) is 12.1 Å². The van der Waals surface area contributed by atoms with Gasteiger partial charge in [0, 0.05) is 12.1 Å². The summed E-state index contributed by atoms with van der Waals surface area (Å²) in [5, 5.41) is 40.4. The van der Waals surface area contributed by atoms with Gasteiger partial charge in [0.15, 0.2) is 0 Å². The number of hydrogen-bond donors (Lipinski definition) is 0. The van der Waals surface area contributed by atoms with Crippen molar-refractivity contribution in [1.82, 2.24) is 0 Å². The molecule has 0 unspecified atom stereocenters. The summed E-state index contributed by atoms with van der Waals surface area (Å²) in [4.78, 5) is 21.3. The minimum Gasteiger partial charge on any atom is -0.457 e. The van der Waals surface area contributed by atoms with E-state index in [0.29, 0.717) is 23.0 Å². The van der Waals surface area contributed by atoms with Crippen LogP contribution in [0.4, 0.5) is 11.4 Å². The third kappa shape index (κ3) is 5.77. The zero-order chi connectivity index (χ0) is 26.4. The van der Waals surface area contributed by atoms with Crippen molar-refractivity contribution < 1.29 is 24.1 Å². The molecule has 180 valence electrons. The first-order chi connectivity index (χ1) is 17.9. The number of nitriles is 2. The Morgan fingerprint density at radius 2 is 0.865 bits per heavy atom. The molecule has 11 heteroatoms. The lowest BCUT2D eigenvalue weighted by Gasteiger charge is -2.10. The predicted molar refractivity (Wildman–Crippen MR) is 129 cm³/mol. The number of benzene rings is 4. The summed E-state index contributed by atoms with van der Waals surface area (Å²) >= 11 is 0. The second-order valence-corrected chi connectivity index (χ2v) is 7.35. The van der Waals surface area contributed by atoms with Crippen molar-refractivity contribution in [3.63, 3.8) is 0 Å². The van der Waals surface area contributed by atoms with Crippen molar-refractivity contribution in [3.8, 4) is 46.6 Å². The molecule has 0 aliphatic carbocycles. The van der Waals surface area contributed by atoms with E-state index in [2.05, 4.69) is 0 Å². The van der Waals surface area contributed by atoms with Gasteiger partial charge in [-0.25, -0.2) is 0 Å². The lowest BCUT2D eigenvalue weighted by Crippen LogP contribution is -1.95. The molecule has 37 heavy (non-hydrogen) atoms. The summed E-state index contributed by atoms with van der Waals surface area (Å²) in [7, 11) is 0. The molecule has 4 rings (SSSR count). The van der Waals surface area contributed by atoms with Gasteiger partial charge in [0.1, 0.15) is 23.0 Å². The lowest BCUT2D eigenvalue weighted by atomic mass is 10.2. The number of nitro groups is 2. The molecule has 0 heterocycles. The van der Waals surface area contributed by atoms with E-state index in [0.717, 1.165) is 12.1 Å².